The molecule has 0 radical (unpaired) electrons. The number of rotatable bonds is 7. The lowest BCUT2D eigenvalue weighted by Crippen LogP contribution is -2.11. The number of anilines is 3. The first-order valence-electron chi connectivity index (χ1n) is 13.6. The maximum absolute atomic E-state index is 6.48. The lowest BCUT2D eigenvalue weighted by atomic mass is 10.1. The first-order chi connectivity index (χ1) is 20.3. The van der Waals surface area contributed by atoms with E-state index in [1.165, 1.54) is 0 Å². The Labute approximate surface area is 239 Å². The third-order valence-electron chi connectivity index (χ3n) is 6.99. The van der Waals surface area contributed by atoms with E-state index in [-0.39, 0.29) is 0 Å². The largest absolute Gasteiger partial charge is 0.457 e. The van der Waals surface area contributed by atoms with Crippen molar-refractivity contribution < 1.29 is 4.74 Å². The zero-order chi connectivity index (χ0) is 27.4. The molecule has 4 nitrogen and oxygen atoms in total. The minimum absolute atomic E-state index is 0.734. The number of fused-ring (bicyclic) bond motifs is 1. The molecule has 0 bridgehead atoms. The van der Waals surface area contributed by atoms with Gasteiger partial charge in [0, 0.05) is 29.1 Å². The van der Waals surface area contributed by atoms with E-state index in [4.69, 9.17) is 9.72 Å². The summed E-state index contributed by atoms with van der Waals surface area (Å²) in [6.07, 6.45) is 0. The molecule has 0 aliphatic heterocycles. The average molecular weight is 530 g/mol. The Balaban J connectivity index is 1.49. The van der Waals surface area contributed by atoms with E-state index in [1.807, 2.05) is 66.7 Å². The van der Waals surface area contributed by atoms with Crippen molar-refractivity contribution in [1.29, 1.82) is 0 Å². The van der Waals surface area contributed by atoms with Crippen LogP contribution in [0.1, 0.15) is 0 Å². The lowest BCUT2D eigenvalue weighted by molar-refractivity contribution is 0.482. The first-order valence-corrected chi connectivity index (χ1v) is 13.6. The van der Waals surface area contributed by atoms with Crippen LogP contribution in [0, 0.1) is 0 Å². The van der Waals surface area contributed by atoms with Gasteiger partial charge >= 0.3 is 0 Å². The standard InChI is InChI=1S/C37H27N3O/c1-5-15-28(16-6-1)37-38-35-23-13-14-24-36(35)40(37)32-25-31(26-34(27-32)41-33-21-11-4-12-22-33)39(29-17-7-2-8-18-29)30-19-9-3-10-20-30/h1-27H. The predicted molar refractivity (Wildman–Crippen MR) is 168 cm³/mol. The molecule has 0 fully saturated rings. The minimum Gasteiger partial charge on any atom is -0.457 e. The number of hydrogen-bond acceptors (Lipinski definition) is 3. The zero-order valence-corrected chi connectivity index (χ0v) is 22.3. The van der Waals surface area contributed by atoms with Gasteiger partial charge in [-0.05, 0) is 54.6 Å². The van der Waals surface area contributed by atoms with Crippen LogP contribution in [0.4, 0.5) is 17.1 Å². The molecule has 41 heavy (non-hydrogen) atoms. The number of imidazole rings is 1. The summed E-state index contributed by atoms with van der Waals surface area (Å²) in [5.41, 5.74) is 7.05. The molecule has 0 aliphatic rings. The van der Waals surface area contributed by atoms with E-state index in [9.17, 15) is 0 Å². The third-order valence-corrected chi connectivity index (χ3v) is 6.99. The van der Waals surface area contributed by atoms with E-state index in [1.54, 1.807) is 0 Å². The fourth-order valence-electron chi connectivity index (χ4n) is 5.18. The van der Waals surface area contributed by atoms with Gasteiger partial charge in [0.15, 0.2) is 0 Å². The Kier molecular flexibility index (Phi) is 6.48. The van der Waals surface area contributed by atoms with Gasteiger partial charge in [-0.25, -0.2) is 4.98 Å². The Morgan fingerprint density at radius 2 is 1.05 bits per heavy atom. The third kappa shape index (κ3) is 4.95. The summed E-state index contributed by atoms with van der Waals surface area (Å²) in [6, 6.07) is 55.7. The van der Waals surface area contributed by atoms with Crippen molar-refractivity contribution in [3.8, 4) is 28.6 Å². The molecular weight excluding hydrogens is 502 g/mol. The van der Waals surface area contributed by atoms with E-state index in [0.29, 0.717) is 0 Å². The highest BCUT2D eigenvalue weighted by molar-refractivity contribution is 5.85. The summed E-state index contributed by atoms with van der Waals surface area (Å²) < 4.78 is 8.70. The smallest absolute Gasteiger partial charge is 0.145 e. The summed E-state index contributed by atoms with van der Waals surface area (Å²) >= 11 is 0. The Hall–Kier alpha value is -5.61. The summed E-state index contributed by atoms with van der Waals surface area (Å²) in [5, 5.41) is 0. The summed E-state index contributed by atoms with van der Waals surface area (Å²) in [5.74, 6) is 2.39. The predicted octanol–water partition coefficient (Wildman–Crippen LogP) is 9.95. The second kappa shape index (κ2) is 10.9. The molecule has 0 amide bonds. The van der Waals surface area contributed by atoms with Crippen LogP contribution in [0.3, 0.4) is 0 Å². The molecular formula is C37H27N3O. The van der Waals surface area contributed by atoms with Crippen molar-refractivity contribution in [2.75, 3.05) is 4.90 Å². The number of aromatic nitrogens is 2. The minimum atomic E-state index is 0.734. The van der Waals surface area contributed by atoms with Crippen LogP contribution in [0.2, 0.25) is 0 Å². The first kappa shape index (κ1) is 24.4. The molecule has 0 N–H and O–H groups in total. The fourth-order valence-corrected chi connectivity index (χ4v) is 5.18. The molecule has 7 aromatic rings. The monoisotopic (exact) mass is 529 g/mol. The SMILES string of the molecule is c1ccc(Oc2cc(N(c3ccccc3)c3ccccc3)cc(-n3c(-c4ccccc4)nc4ccccc43)c2)cc1. The van der Waals surface area contributed by atoms with Crippen LogP contribution in [-0.4, -0.2) is 9.55 Å². The maximum Gasteiger partial charge on any atom is 0.145 e. The van der Waals surface area contributed by atoms with Crippen LogP contribution in [0.25, 0.3) is 28.1 Å². The van der Waals surface area contributed by atoms with E-state index < -0.39 is 0 Å². The second-order valence-electron chi connectivity index (χ2n) is 9.73. The molecule has 7 rings (SSSR count). The van der Waals surface area contributed by atoms with Crippen molar-refractivity contribution >= 4 is 28.1 Å². The summed E-state index contributed by atoms with van der Waals surface area (Å²) in [6.45, 7) is 0. The van der Waals surface area contributed by atoms with Gasteiger partial charge < -0.3 is 9.64 Å². The van der Waals surface area contributed by atoms with Gasteiger partial charge in [0.05, 0.1) is 22.4 Å². The molecule has 0 saturated heterocycles. The highest BCUT2D eigenvalue weighted by Crippen LogP contribution is 2.40. The number of para-hydroxylation sites is 5. The van der Waals surface area contributed by atoms with Gasteiger partial charge in [0.2, 0.25) is 0 Å². The van der Waals surface area contributed by atoms with Crippen molar-refractivity contribution in [2.45, 2.75) is 0 Å². The van der Waals surface area contributed by atoms with Crippen molar-refractivity contribution in [1.82, 2.24) is 9.55 Å². The Morgan fingerprint density at radius 1 is 0.488 bits per heavy atom. The van der Waals surface area contributed by atoms with Crippen LogP contribution in [0.15, 0.2) is 164 Å². The maximum atomic E-state index is 6.48. The van der Waals surface area contributed by atoms with Crippen LogP contribution < -0.4 is 9.64 Å². The van der Waals surface area contributed by atoms with Crippen molar-refractivity contribution in [2.24, 2.45) is 0 Å². The molecule has 196 valence electrons. The molecule has 0 unspecified atom stereocenters. The van der Waals surface area contributed by atoms with Crippen LogP contribution in [-0.2, 0) is 0 Å². The van der Waals surface area contributed by atoms with Crippen molar-refractivity contribution in [3.05, 3.63) is 164 Å². The van der Waals surface area contributed by atoms with Gasteiger partial charge in [0.1, 0.15) is 17.3 Å². The summed E-state index contributed by atoms with van der Waals surface area (Å²) in [4.78, 5) is 7.32. The molecule has 0 atom stereocenters. The molecule has 1 aromatic heterocycles. The summed E-state index contributed by atoms with van der Waals surface area (Å²) in [7, 11) is 0. The molecule has 1 heterocycles. The van der Waals surface area contributed by atoms with Crippen molar-refractivity contribution in [3.63, 3.8) is 0 Å². The number of benzene rings is 6. The topological polar surface area (TPSA) is 30.3 Å². The molecule has 6 aromatic carbocycles. The molecule has 0 spiro atoms. The second-order valence-corrected chi connectivity index (χ2v) is 9.73. The lowest BCUT2D eigenvalue weighted by Gasteiger charge is -2.27. The Morgan fingerprint density at radius 3 is 1.71 bits per heavy atom. The van der Waals surface area contributed by atoms with Gasteiger partial charge in [0.25, 0.3) is 0 Å². The highest BCUT2D eigenvalue weighted by Gasteiger charge is 2.19. The van der Waals surface area contributed by atoms with Crippen LogP contribution in [0.5, 0.6) is 11.5 Å². The normalized spacial score (nSPS) is 10.9. The fraction of sp³-hybridized carbons (Fsp3) is 0. The van der Waals surface area contributed by atoms with Gasteiger partial charge in [-0.3, -0.25) is 4.57 Å². The Bertz CT molecular complexity index is 1860. The zero-order valence-electron chi connectivity index (χ0n) is 22.3. The quantitative estimate of drug-likeness (QED) is 0.206. The van der Waals surface area contributed by atoms with Gasteiger partial charge in [-0.2, -0.15) is 0 Å². The van der Waals surface area contributed by atoms with Crippen LogP contribution >= 0.6 is 0 Å². The van der Waals surface area contributed by atoms with E-state index >= 15 is 0 Å². The molecule has 4 heteroatoms. The average Bonchev–Trinajstić information content (AvgIpc) is 3.43. The van der Waals surface area contributed by atoms with E-state index in [2.05, 4.69) is 107 Å². The number of hydrogen-bond donors (Lipinski definition) is 0. The molecule has 0 aliphatic carbocycles. The number of nitrogens with zero attached hydrogens (tertiary/aromatic N) is 3. The molecule has 0 saturated carbocycles. The highest BCUT2D eigenvalue weighted by atomic mass is 16.5. The van der Waals surface area contributed by atoms with Gasteiger partial charge in [-0.15, -0.1) is 0 Å². The number of ether oxygens (including phenoxy) is 1. The van der Waals surface area contributed by atoms with E-state index in [0.717, 1.165) is 56.7 Å². The van der Waals surface area contributed by atoms with Gasteiger partial charge in [-0.1, -0.05) is 97.1 Å².